The quantitative estimate of drug-likeness (QED) is 0.554. The molecule has 0 saturated heterocycles. The molecule has 4 nitrogen and oxygen atoms in total. The van der Waals surface area contributed by atoms with Gasteiger partial charge < -0.3 is 14.6 Å². The standard InChI is InChI=1S/C16H24O4/c1-2-3-4-8-11-15(17)13-20-16(18)19-12-14-9-6-5-7-10-14/h5-7,9-10,15,17H,2-4,8,11-13H2,1H3. The van der Waals surface area contributed by atoms with Crippen LogP contribution in [-0.4, -0.2) is 24.0 Å². The Kier molecular flexibility index (Phi) is 8.47. The van der Waals surface area contributed by atoms with Gasteiger partial charge in [0.1, 0.15) is 13.2 Å². The average Bonchev–Trinajstić information content (AvgIpc) is 2.48. The molecule has 4 heteroatoms. The fourth-order valence-electron chi connectivity index (χ4n) is 1.81. The fraction of sp³-hybridized carbons (Fsp3) is 0.562. The molecule has 0 amide bonds. The van der Waals surface area contributed by atoms with Gasteiger partial charge in [-0.15, -0.1) is 0 Å². The summed E-state index contributed by atoms with van der Waals surface area (Å²) in [6.45, 7) is 2.33. The normalized spacial score (nSPS) is 11.9. The predicted molar refractivity (Wildman–Crippen MR) is 77.3 cm³/mol. The summed E-state index contributed by atoms with van der Waals surface area (Å²) in [5.41, 5.74) is 0.907. The molecule has 112 valence electrons. The van der Waals surface area contributed by atoms with E-state index >= 15 is 0 Å². The van der Waals surface area contributed by atoms with Gasteiger partial charge in [0.25, 0.3) is 0 Å². The summed E-state index contributed by atoms with van der Waals surface area (Å²) in [6.07, 6.45) is 3.72. The number of rotatable bonds is 9. The summed E-state index contributed by atoms with van der Waals surface area (Å²) in [5, 5.41) is 9.65. The number of carbonyl (C=O) groups excluding carboxylic acids is 1. The molecule has 1 N–H and O–H groups in total. The van der Waals surface area contributed by atoms with Crippen molar-refractivity contribution < 1.29 is 19.4 Å². The second kappa shape index (κ2) is 10.3. The lowest BCUT2D eigenvalue weighted by atomic mass is 10.1. The molecule has 0 aliphatic heterocycles. The van der Waals surface area contributed by atoms with Crippen LogP contribution in [0.25, 0.3) is 0 Å². The Morgan fingerprint density at radius 1 is 1.15 bits per heavy atom. The van der Waals surface area contributed by atoms with Gasteiger partial charge in [0.05, 0.1) is 6.10 Å². The number of hydrogen-bond acceptors (Lipinski definition) is 4. The maximum absolute atomic E-state index is 11.3. The monoisotopic (exact) mass is 280 g/mol. The van der Waals surface area contributed by atoms with Crippen LogP contribution in [0.2, 0.25) is 0 Å². The van der Waals surface area contributed by atoms with Gasteiger partial charge >= 0.3 is 6.16 Å². The molecule has 0 aliphatic carbocycles. The Balaban J connectivity index is 2.07. The van der Waals surface area contributed by atoms with Crippen molar-refractivity contribution in [1.82, 2.24) is 0 Å². The summed E-state index contributed by atoms with van der Waals surface area (Å²) < 4.78 is 9.82. The zero-order chi connectivity index (χ0) is 14.6. The topological polar surface area (TPSA) is 55.8 Å². The van der Waals surface area contributed by atoms with Crippen LogP contribution in [0, 0.1) is 0 Å². The highest BCUT2D eigenvalue weighted by molar-refractivity contribution is 5.59. The Hall–Kier alpha value is -1.55. The van der Waals surface area contributed by atoms with Gasteiger partial charge in [0.15, 0.2) is 0 Å². The molecular weight excluding hydrogens is 256 g/mol. The third-order valence-electron chi connectivity index (χ3n) is 2.98. The van der Waals surface area contributed by atoms with Crippen molar-refractivity contribution in [1.29, 1.82) is 0 Å². The van der Waals surface area contributed by atoms with E-state index in [1.165, 1.54) is 12.8 Å². The van der Waals surface area contributed by atoms with Crippen LogP contribution in [0.15, 0.2) is 30.3 Å². The summed E-state index contributed by atoms with van der Waals surface area (Å²) >= 11 is 0. The second-order valence-corrected chi connectivity index (χ2v) is 4.84. The molecule has 1 atom stereocenters. The minimum atomic E-state index is -0.735. The molecule has 0 aliphatic rings. The van der Waals surface area contributed by atoms with Crippen LogP contribution in [0.1, 0.15) is 44.6 Å². The van der Waals surface area contributed by atoms with Crippen molar-refractivity contribution in [3.05, 3.63) is 35.9 Å². The molecule has 0 fully saturated rings. The van der Waals surface area contributed by atoms with Gasteiger partial charge in [-0.25, -0.2) is 4.79 Å². The van der Waals surface area contributed by atoms with E-state index in [9.17, 15) is 9.90 Å². The Morgan fingerprint density at radius 3 is 2.60 bits per heavy atom. The van der Waals surface area contributed by atoms with Crippen molar-refractivity contribution in [3.63, 3.8) is 0 Å². The number of hydrogen-bond donors (Lipinski definition) is 1. The van der Waals surface area contributed by atoms with Crippen molar-refractivity contribution in [2.75, 3.05) is 6.61 Å². The van der Waals surface area contributed by atoms with Crippen molar-refractivity contribution >= 4 is 6.16 Å². The molecular formula is C16H24O4. The van der Waals surface area contributed by atoms with Crippen LogP contribution in [0.3, 0.4) is 0 Å². The van der Waals surface area contributed by atoms with Crippen LogP contribution in [0.4, 0.5) is 4.79 Å². The summed E-state index contributed by atoms with van der Waals surface area (Å²) in [5.74, 6) is 0. The Morgan fingerprint density at radius 2 is 1.90 bits per heavy atom. The predicted octanol–water partition coefficient (Wildman–Crippen LogP) is 3.67. The molecule has 0 spiro atoms. The maximum Gasteiger partial charge on any atom is 0.508 e. The number of aliphatic hydroxyl groups is 1. The van der Waals surface area contributed by atoms with Gasteiger partial charge in [-0.2, -0.15) is 0 Å². The first-order valence-electron chi connectivity index (χ1n) is 7.24. The van der Waals surface area contributed by atoms with Crippen LogP contribution in [0.5, 0.6) is 0 Å². The summed E-state index contributed by atoms with van der Waals surface area (Å²) in [7, 11) is 0. The fourth-order valence-corrected chi connectivity index (χ4v) is 1.81. The van der Waals surface area contributed by atoms with Crippen molar-refractivity contribution in [2.45, 2.75) is 51.7 Å². The lowest BCUT2D eigenvalue weighted by molar-refractivity contribution is 0.0126. The molecule has 1 aromatic carbocycles. The van der Waals surface area contributed by atoms with Crippen molar-refractivity contribution in [2.24, 2.45) is 0 Å². The highest BCUT2D eigenvalue weighted by Gasteiger charge is 2.09. The van der Waals surface area contributed by atoms with Gasteiger partial charge in [-0.1, -0.05) is 62.9 Å². The first kappa shape index (κ1) is 16.5. The zero-order valence-corrected chi connectivity index (χ0v) is 12.1. The number of aliphatic hydroxyl groups excluding tert-OH is 1. The molecule has 0 bridgehead atoms. The molecule has 0 radical (unpaired) electrons. The number of benzene rings is 1. The lowest BCUT2D eigenvalue weighted by Gasteiger charge is -2.11. The molecule has 0 heterocycles. The van der Waals surface area contributed by atoms with Gasteiger partial charge in [-0.05, 0) is 12.0 Å². The third kappa shape index (κ3) is 7.79. The second-order valence-electron chi connectivity index (χ2n) is 4.84. The van der Waals surface area contributed by atoms with Gasteiger partial charge in [0, 0.05) is 0 Å². The minimum Gasteiger partial charge on any atom is -0.432 e. The molecule has 1 rings (SSSR count). The van der Waals surface area contributed by atoms with E-state index in [4.69, 9.17) is 9.47 Å². The number of ether oxygens (including phenoxy) is 2. The number of carbonyl (C=O) groups is 1. The van der Waals surface area contributed by atoms with Gasteiger partial charge in [-0.3, -0.25) is 0 Å². The van der Waals surface area contributed by atoms with E-state index in [1.54, 1.807) is 0 Å². The van der Waals surface area contributed by atoms with E-state index in [2.05, 4.69) is 6.92 Å². The third-order valence-corrected chi connectivity index (χ3v) is 2.98. The first-order chi connectivity index (χ1) is 9.72. The van der Waals surface area contributed by atoms with E-state index in [-0.39, 0.29) is 13.2 Å². The van der Waals surface area contributed by atoms with E-state index in [0.29, 0.717) is 6.42 Å². The molecule has 0 aromatic heterocycles. The highest BCUT2D eigenvalue weighted by atomic mass is 16.7. The highest BCUT2D eigenvalue weighted by Crippen LogP contribution is 2.07. The smallest absolute Gasteiger partial charge is 0.432 e. The first-order valence-corrected chi connectivity index (χ1v) is 7.24. The Labute approximate surface area is 120 Å². The summed E-state index contributed by atoms with van der Waals surface area (Å²) in [6, 6.07) is 9.40. The average molecular weight is 280 g/mol. The summed E-state index contributed by atoms with van der Waals surface area (Å²) in [4.78, 5) is 11.3. The largest absolute Gasteiger partial charge is 0.508 e. The maximum atomic E-state index is 11.3. The van der Waals surface area contributed by atoms with E-state index in [0.717, 1.165) is 18.4 Å². The molecule has 20 heavy (non-hydrogen) atoms. The zero-order valence-electron chi connectivity index (χ0n) is 12.1. The van der Waals surface area contributed by atoms with Crippen LogP contribution >= 0.6 is 0 Å². The van der Waals surface area contributed by atoms with E-state index < -0.39 is 12.3 Å². The minimum absolute atomic E-state index is 0.000250. The number of unbranched alkanes of at least 4 members (excludes halogenated alkanes) is 3. The van der Waals surface area contributed by atoms with E-state index in [1.807, 2.05) is 30.3 Å². The molecule has 1 aromatic rings. The van der Waals surface area contributed by atoms with Crippen LogP contribution in [-0.2, 0) is 16.1 Å². The molecule has 1 unspecified atom stereocenters. The Bertz CT molecular complexity index is 364. The molecule has 0 saturated carbocycles. The van der Waals surface area contributed by atoms with Crippen LogP contribution < -0.4 is 0 Å². The van der Waals surface area contributed by atoms with Gasteiger partial charge in [0.2, 0.25) is 0 Å². The lowest BCUT2D eigenvalue weighted by Crippen LogP contribution is -2.19. The SMILES string of the molecule is CCCCCCC(O)COC(=O)OCc1ccccc1. The van der Waals surface area contributed by atoms with Crippen molar-refractivity contribution in [3.8, 4) is 0 Å².